The first kappa shape index (κ1) is 14.0. The van der Waals surface area contributed by atoms with Gasteiger partial charge in [0.2, 0.25) is 0 Å². The lowest BCUT2D eigenvalue weighted by atomic mass is 10.1. The monoisotopic (exact) mass is 283 g/mol. The molecule has 1 atom stereocenters. The summed E-state index contributed by atoms with van der Waals surface area (Å²) in [6.07, 6.45) is 3.10. The molecule has 2 aromatic carbocycles. The highest BCUT2D eigenvalue weighted by molar-refractivity contribution is 5.50. The fourth-order valence-electron chi connectivity index (χ4n) is 2.84. The summed E-state index contributed by atoms with van der Waals surface area (Å²) in [5, 5.41) is 13.6. The number of anilines is 1. The first-order chi connectivity index (χ1) is 10.3. The van der Waals surface area contributed by atoms with Crippen LogP contribution in [0.2, 0.25) is 0 Å². The van der Waals surface area contributed by atoms with Gasteiger partial charge in [-0.3, -0.25) is 0 Å². The molecule has 0 spiro atoms. The van der Waals surface area contributed by atoms with Gasteiger partial charge in [-0.2, -0.15) is 0 Å². The zero-order chi connectivity index (χ0) is 14.7. The molecule has 0 saturated heterocycles. The minimum absolute atomic E-state index is 0.505. The second kappa shape index (κ2) is 6.19. The number of hydrogen-bond acceptors (Lipinski definition) is 3. The number of fused-ring (bicyclic) bond motifs is 1. The maximum atomic E-state index is 10.2. The second-order valence-electron chi connectivity index (χ2n) is 5.51. The van der Waals surface area contributed by atoms with Gasteiger partial charge in [0.1, 0.15) is 5.75 Å². The molecule has 3 rings (SSSR count). The largest absolute Gasteiger partial charge is 0.497 e. The number of benzene rings is 2. The number of hydrogen-bond donors (Lipinski definition) is 2. The topological polar surface area (TPSA) is 41.5 Å². The Kier molecular flexibility index (Phi) is 4.11. The van der Waals surface area contributed by atoms with Crippen molar-refractivity contribution in [1.29, 1.82) is 0 Å². The number of aryl methyl sites for hydroxylation is 2. The summed E-state index contributed by atoms with van der Waals surface area (Å²) in [6.45, 7) is 0.505. The number of ether oxygens (including phenoxy) is 1. The molecule has 3 nitrogen and oxygen atoms in total. The predicted octanol–water partition coefficient (Wildman–Crippen LogP) is 3.33. The first-order valence-corrected chi connectivity index (χ1v) is 7.44. The number of aliphatic hydroxyl groups excluding tert-OH is 1. The number of nitrogens with one attached hydrogen (secondary N) is 1. The third-order valence-electron chi connectivity index (χ3n) is 4.10. The van der Waals surface area contributed by atoms with Crippen molar-refractivity contribution in [1.82, 2.24) is 0 Å². The van der Waals surface area contributed by atoms with Crippen LogP contribution in [-0.4, -0.2) is 18.8 Å². The van der Waals surface area contributed by atoms with E-state index < -0.39 is 6.10 Å². The van der Waals surface area contributed by atoms with E-state index in [1.165, 1.54) is 30.4 Å². The van der Waals surface area contributed by atoms with Crippen LogP contribution >= 0.6 is 0 Å². The maximum absolute atomic E-state index is 10.2. The summed E-state index contributed by atoms with van der Waals surface area (Å²) in [5.74, 6) is 0.803. The molecule has 2 aromatic rings. The van der Waals surface area contributed by atoms with Gasteiger partial charge in [0, 0.05) is 12.2 Å². The molecule has 0 heterocycles. The van der Waals surface area contributed by atoms with Crippen molar-refractivity contribution in [3.8, 4) is 5.75 Å². The molecular formula is C18H21NO2. The average molecular weight is 283 g/mol. The number of aliphatic hydroxyl groups is 1. The highest BCUT2D eigenvalue weighted by Gasteiger charge is 2.12. The lowest BCUT2D eigenvalue weighted by Gasteiger charge is -2.14. The fraction of sp³-hybridized carbons (Fsp3) is 0.333. The summed E-state index contributed by atoms with van der Waals surface area (Å²) < 4.78 is 5.12. The molecule has 0 radical (unpaired) electrons. The van der Waals surface area contributed by atoms with Gasteiger partial charge in [0.15, 0.2) is 0 Å². The Balaban J connectivity index is 1.61. The Bertz CT molecular complexity index is 607. The quantitative estimate of drug-likeness (QED) is 0.884. The van der Waals surface area contributed by atoms with Gasteiger partial charge in [-0.15, -0.1) is 0 Å². The van der Waals surface area contributed by atoms with Crippen LogP contribution < -0.4 is 10.1 Å². The molecule has 1 aliphatic carbocycles. The summed E-state index contributed by atoms with van der Waals surface area (Å²) in [5.41, 5.74) is 4.89. The van der Waals surface area contributed by atoms with Crippen molar-refractivity contribution < 1.29 is 9.84 Å². The van der Waals surface area contributed by atoms with E-state index in [1.807, 2.05) is 24.3 Å². The zero-order valence-corrected chi connectivity index (χ0v) is 12.3. The molecule has 2 N–H and O–H groups in total. The van der Waals surface area contributed by atoms with Crippen molar-refractivity contribution in [2.24, 2.45) is 0 Å². The Morgan fingerprint density at radius 3 is 2.62 bits per heavy atom. The van der Waals surface area contributed by atoms with E-state index in [9.17, 15) is 5.11 Å². The molecule has 0 aromatic heterocycles. The van der Waals surface area contributed by atoms with E-state index in [4.69, 9.17) is 4.74 Å². The lowest BCUT2D eigenvalue weighted by Crippen LogP contribution is -2.12. The molecular weight excluding hydrogens is 262 g/mol. The molecule has 0 fully saturated rings. The molecule has 0 aliphatic heterocycles. The van der Waals surface area contributed by atoms with Crippen LogP contribution in [-0.2, 0) is 12.8 Å². The molecule has 0 saturated carbocycles. The number of rotatable bonds is 5. The fourth-order valence-corrected chi connectivity index (χ4v) is 2.84. The summed E-state index contributed by atoms with van der Waals surface area (Å²) >= 11 is 0. The lowest BCUT2D eigenvalue weighted by molar-refractivity contribution is 0.191. The van der Waals surface area contributed by atoms with Crippen LogP contribution in [0.25, 0.3) is 0 Å². The smallest absolute Gasteiger partial charge is 0.118 e. The van der Waals surface area contributed by atoms with E-state index in [0.29, 0.717) is 6.54 Å². The van der Waals surface area contributed by atoms with Crippen molar-refractivity contribution >= 4 is 5.69 Å². The third-order valence-corrected chi connectivity index (χ3v) is 4.10. The maximum Gasteiger partial charge on any atom is 0.118 e. The van der Waals surface area contributed by atoms with Crippen LogP contribution in [0, 0.1) is 0 Å². The Morgan fingerprint density at radius 2 is 1.86 bits per heavy atom. The number of methoxy groups -OCH3 is 1. The molecule has 0 amide bonds. The molecule has 21 heavy (non-hydrogen) atoms. The Morgan fingerprint density at radius 1 is 1.10 bits per heavy atom. The van der Waals surface area contributed by atoms with Gasteiger partial charge >= 0.3 is 0 Å². The van der Waals surface area contributed by atoms with E-state index >= 15 is 0 Å². The van der Waals surface area contributed by atoms with Crippen LogP contribution in [0.5, 0.6) is 5.75 Å². The van der Waals surface area contributed by atoms with Crippen LogP contribution in [0.15, 0.2) is 42.5 Å². The zero-order valence-electron chi connectivity index (χ0n) is 12.3. The van der Waals surface area contributed by atoms with Gasteiger partial charge in [0.25, 0.3) is 0 Å². The van der Waals surface area contributed by atoms with Crippen LogP contribution in [0.3, 0.4) is 0 Å². The van der Waals surface area contributed by atoms with Gasteiger partial charge < -0.3 is 15.2 Å². The highest BCUT2D eigenvalue weighted by atomic mass is 16.5. The third kappa shape index (κ3) is 3.19. The van der Waals surface area contributed by atoms with Gasteiger partial charge in [-0.05, 0) is 60.2 Å². The SMILES string of the molecule is COc1ccc(C(O)CNc2ccc3c(c2)CCC3)cc1. The van der Waals surface area contributed by atoms with Crippen molar-refractivity contribution in [2.75, 3.05) is 19.0 Å². The van der Waals surface area contributed by atoms with Crippen molar-refractivity contribution in [3.05, 3.63) is 59.2 Å². The summed E-state index contributed by atoms with van der Waals surface area (Å²) in [4.78, 5) is 0. The van der Waals surface area contributed by atoms with Gasteiger partial charge in [-0.1, -0.05) is 18.2 Å². The molecule has 1 aliphatic rings. The van der Waals surface area contributed by atoms with Crippen LogP contribution in [0.4, 0.5) is 5.69 Å². The molecule has 110 valence electrons. The summed E-state index contributed by atoms with van der Waals surface area (Å²) in [7, 11) is 1.64. The highest BCUT2D eigenvalue weighted by Crippen LogP contribution is 2.25. The Hall–Kier alpha value is -2.00. The minimum Gasteiger partial charge on any atom is -0.497 e. The van der Waals surface area contributed by atoms with E-state index in [-0.39, 0.29) is 0 Å². The molecule has 1 unspecified atom stereocenters. The first-order valence-electron chi connectivity index (χ1n) is 7.44. The van der Waals surface area contributed by atoms with E-state index in [0.717, 1.165) is 17.0 Å². The van der Waals surface area contributed by atoms with Crippen molar-refractivity contribution in [3.63, 3.8) is 0 Å². The minimum atomic E-state index is -0.524. The van der Waals surface area contributed by atoms with Gasteiger partial charge in [-0.25, -0.2) is 0 Å². The predicted molar refractivity (Wildman–Crippen MR) is 84.9 cm³/mol. The summed E-state index contributed by atoms with van der Waals surface area (Å²) in [6, 6.07) is 14.0. The van der Waals surface area contributed by atoms with E-state index in [2.05, 4.69) is 23.5 Å². The van der Waals surface area contributed by atoms with Gasteiger partial charge in [0.05, 0.1) is 13.2 Å². The second-order valence-corrected chi connectivity index (χ2v) is 5.51. The molecule has 0 bridgehead atoms. The standard InChI is InChI=1S/C18H21NO2/c1-21-17-9-6-14(7-10-17)18(20)12-19-16-8-5-13-3-2-4-15(13)11-16/h5-11,18-20H,2-4,12H2,1H3. The Labute approximate surface area is 125 Å². The van der Waals surface area contributed by atoms with Crippen LogP contribution in [0.1, 0.15) is 29.2 Å². The normalized spacial score (nSPS) is 14.6. The van der Waals surface area contributed by atoms with Crippen molar-refractivity contribution in [2.45, 2.75) is 25.4 Å². The average Bonchev–Trinajstić information content (AvgIpc) is 3.00. The molecule has 3 heteroatoms. The van der Waals surface area contributed by atoms with E-state index in [1.54, 1.807) is 7.11 Å².